The standard InChI is InChI=1S/C20H10BrClF5N3O3/c21-9-4-5-13(29-19(33)30-18(32)15-11(23)2-1-3-12(15)24)17(31)14(9)16-10(22)6-8(7-28-16)20(25,26)27/h1-7,31H,(H2,29,30,32,33). The van der Waals surface area contributed by atoms with Crippen LogP contribution in [0.1, 0.15) is 15.9 Å². The minimum Gasteiger partial charge on any atom is -0.505 e. The number of hydrogen-bond donors (Lipinski definition) is 3. The molecular weight excluding hydrogens is 541 g/mol. The Balaban J connectivity index is 1.89. The maximum atomic E-state index is 13.7. The van der Waals surface area contributed by atoms with E-state index in [-0.39, 0.29) is 21.4 Å². The number of imide groups is 1. The van der Waals surface area contributed by atoms with Crippen LogP contribution >= 0.6 is 27.5 Å². The smallest absolute Gasteiger partial charge is 0.417 e. The maximum Gasteiger partial charge on any atom is 0.417 e. The van der Waals surface area contributed by atoms with E-state index in [0.717, 1.165) is 18.2 Å². The number of pyridine rings is 1. The Morgan fingerprint density at radius 2 is 1.73 bits per heavy atom. The van der Waals surface area contributed by atoms with Gasteiger partial charge in [0.15, 0.2) is 0 Å². The number of carbonyl (C=O) groups is 2. The van der Waals surface area contributed by atoms with Crippen molar-refractivity contribution in [1.29, 1.82) is 0 Å². The summed E-state index contributed by atoms with van der Waals surface area (Å²) < 4.78 is 66.1. The molecule has 3 amide bonds. The van der Waals surface area contributed by atoms with Crippen LogP contribution in [-0.4, -0.2) is 22.0 Å². The normalized spacial score (nSPS) is 11.2. The van der Waals surface area contributed by atoms with Crippen LogP contribution in [0.5, 0.6) is 5.75 Å². The van der Waals surface area contributed by atoms with E-state index in [0.29, 0.717) is 12.3 Å². The zero-order valence-corrected chi connectivity index (χ0v) is 18.2. The quantitative estimate of drug-likeness (QED) is 0.270. The number of anilines is 1. The number of nitrogens with zero attached hydrogens (tertiary/aromatic N) is 1. The predicted octanol–water partition coefficient (Wildman–Crippen LogP) is 6.13. The number of rotatable bonds is 3. The Kier molecular flexibility index (Phi) is 6.89. The number of phenolic OH excluding ortho intramolecular Hbond substituents is 1. The SMILES string of the molecule is O=C(NC(=O)c1c(F)cccc1F)Nc1ccc(Br)c(-c2ncc(C(F)(F)F)cc2Cl)c1O. The number of benzene rings is 2. The van der Waals surface area contributed by atoms with Crippen molar-refractivity contribution in [2.75, 3.05) is 5.32 Å². The molecule has 172 valence electrons. The van der Waals surface area contributed by atoms with E-state index in [9.17, 15) is 36.6 Å². The zero-order chi connectivity index (χ0) is 24.5. The summed E-state index contributed by atoms with van der Waals surface area (Å²) in [4.78, 5) is 27.8. The van der Waals surface area contributed by atoms with Gasteiger partial charge in [-0.1, -0.05) is 17.7 Å². The van der Waals surface area contributed by atoms with Crippen molar-refractivity contribution >= 4 is 45.2 Å². The molecule has 0 aliphatic heterocycles. The third-order valence-corrected chi connectivity index (χ3v) is 5.15. The van der Waals surface area contributed by atoms with Crippen molar-refractivity contribution < 1.29 is 36.6 Å². The van der Waals surface area contributed by atoms with Gasteiger partial charge in [-0.3, -0.25) is 15.1 Å². The highest BCUT2D eigenvalue weighted by Crippen LogP contribution is 2.43. The number of nitrogens with one attached hydrogen (secondary N) is 2. The summed E-state index contributed by atoms with van der Waals surface area (Å²) in [5.41, 5.74) is -2.79. The fourth-order valence-electron chi connectivity index (χ4n) is 2.70. The number of halogens is 7. The number of hydrogen-bond acceptors (Lipinski definition) is 4. The van der Waals surface area contributed by atoms with Crippen LogP contribution in [0.2, 0.25) is 5.02 Å². The molecule has 3 aromatic rings. The second kappa shape index (κ2) is 9.32. The first-order chi connectivity index (χ1) is 15.4. The summed E-state index contributed by atoms with van der Waals surface area (Å²) in [7, 11) is 0. The molecule has 1 aromatic heterocycles. The van der Waals surface area contributed by atoms with Crippen LogP contribution in [0.25, 0.3) is 11.3 Å². The summed E-state index contributed by atoms with van der Waals surface area (Å²) >= 11 is 9.05. The summed E-state index contributed by atoms with van der Waals surface area (Å²) in [6, 6.07) is 4.55. The van der Waals surface area contributed by atoms with Gasteiger partial charge in [-0.15, -0.1) is 0 Å². The molecule has 0 unspecified atom stereocenters. The minimum atomic E-state index is -4.69. The van der Waals surface area contributed by atoms with Gasteiger partial charge in [0.05, 0.1) is 27.5 Å². The van der Waals surface area contributed by atoms with Crippen molar-refractivity contribution in [2.45, 2.75) is 6.18 Å². The van der Waals surface area contributed by atoms with Crippen LogP contribution in [0.15, 0.2) is 47.1 Å². The Morgan fingerprint density at radius 3 is 2.30 bits per heavy atom. The van der Waals surface area contributed by atoms with E-state index in [4.69, 9.17) is 11.6 Å². The number of carbonyl (C=O) groups excluding carboxylic acids is 2. The summed E-state index contributed by atoms with van der Waals surface area (Å²) in [6.45, 7) is 0. The summed E-state index contributed by atoms with van der Waals surface area (Å²) in [5.74, 6) is -4.43. The van der Waals surface area contributed by atoms with Crippen LogP contribution in [0.3, 0.4) is 0 Å². The molecule has 0 radical (unpaired) electrons. The third-order valence-electron chi connectivity index (χ3n) is 4.20. The Hall–Kier alpha value is -3.25. The Bertz CT molecular complexity index is 1250. The van der Waals surface area contributed by atoms with E-state index in [1.165, 1.54) is 12.1 Å². The highest BCUT2D eigenvalue weighted by atomic mass is 79.9. The molecule has 2 aromatic carbocycles. The van der Waals surface area contributed by atoms with Crippen LogP contribution < -0.4 is 10.6 Å². The van der Waals surface area contributed by atoms with Crippen LogP contribution in [-0.2, 0) is 6.18 Å². The first kappa shape index (κ1) is 24.4. The molecule has 3 N–H and O–H groups in total. The fourth-order valence-corrected chi connectivity index (χ4v) is 3.47. The van der Waals surface area contributed by atoms with Gasteiger partial charge < -0.3 is 10.4 Å². The van der Waals surface area contributed by atoms with E-state index < -0.39 is 51.6 Å². The van der Waals surface area contributed by atoms with Gasteiger partial charge >= 0.3 is 12.2 Å². The topological polar surface area (TPSA) is 91.3 Å². The first-order valence-electron chi connectivity index (χ1n) is 8.71. The molecule has 0 fully saturated rings. The van der Waals surface area contributed by atoms with Crippen molar-refractivity contribution in [2.24, 2.45) is 0 Å². The van der Waals surface area contributed by atoms with Gasteiger partial charge in [0.1, 0.15) is 22.9 Å². The second-order valence-corrected chi connectivity index (χ2v) is 7.64. The number of phenols is 1. The van der Waals surface area contributed by atoms with E-state index in [1.54, 1.807) is 5.32 Å². The maximum absolute atomic E-state index is 13.7. The average Bonchev–Trinajstić information content (AvgIpc) is 2.70. The van der Waals surface area contributed by atoms with E-state index in [1.807, 2.05) is 0 Å². The number of urea groups is 1. The Labute approximate surface area is 195 Å². The molecule has 33 heavy (non-hydrogen) atoms. The first-order valence-corrected chi connectivity index (χ1v) is 9.88. The lowest BCUT2D eigenvalue weighted by atomic mass is 10.1. The van der Waals surface area contributed by atoms with Crippen molar-refractivity contribution in [1.82, 2.24) is 10.3 Å². The minimum absolute atomic E-state index is 0.155. The molecule has 0 atom stereocenters. The van der Waals surface area contributed by atoms with E-state index in [2.05, 4.69) is 26.2 Å². The molecule has 13 heteroatoms. The van der Waals surface area contributed by atoms with Crippen molar-refractivity contribution in [3.63, 3.8) is 0 Å². The van der Waals surface area contributed by atoms with Crippen LogP contribution in [0.4, 0.5) is 32.4 Å². The average molecular weight is 551 g/mol. The molecule has 1 heterocycles. The number of aromatic nitrogens is 1. The highest BCUT2D eigenvalue weighted by Gasteiger charge is 2.32. The lowest BCUT2D eigenvalue weighted by Crippen LogP contribution is -2.35. The lowest BCUT2D eigenvalue weighted by molar-refractivity contribution is -0.137. The summed E-state index contributed by atoms with van der Waals surface area (Å²) in [6.07, 6.45) is -4.18. The fraction of sp³-hybridized carbons (Fsp3) is 0.0500. The monoisotopic (exact) mass is 549 g/mol. The molecule has 0 saturated carbocycles. The molecule has 0 spiro atoms. The van der Waals surface area contributed by atoms with Gasteiger partial charge in [-0.25, -0.2) is 13.6 Å². The molecule has 0 aliphatic rings. The molecule has 0 bridgehead atoms. The van der Waals surface area contributed by atoms with Crippen LogP contribution in [0, 0.1) is 11.6 Å². The highest BCUT2D eigenvalue weighted by molar-refractivity contribution is 9.10. The zero-order valence-electron chi connectivity index (χ0n) is 15.9. The van der Waals surface area contributed by atoms with Gasteiger partial charge in [0.2, 0.25) is 0 Å². The van der Waals surface area contributed by atoms with Gasteiger partial charge in [-0.05, 0) is 46.3 Å². The van der Waals surface area contributed by atoms with Gasteiger partial charge in [-0.2, -0.15) is 13.2 Å². The number of alkyl halides is 3. The van der Waals surface area contributed by atoms with Gasteiger partial charge in [0.25, 0.3) is 5.91 Å². The number of amides is 3. The number of aromatic hydroxyl groups is 1. The predicted molar refractivity (Wildman–Crippen MR) is 112 cm³/mol. The molecule has 3 rings (SSSR count). The summed E-state index contributed by atoms with van der Waals surface area (Å²) in [5, 5.41) is 13.9. The third kappa shape index (κ3) is 5.22. The molecule has 0 saturated heterocycles. The largest absolute Gasteiger partial charge is 0.505 e. The molecule has 6 nitrogen and oxygen atoms in total. The van der Waals surface area contributed by atoms with Gasteiger partial charge in [0, 0.05) is 10.7 Å². The Morgan fingerprint density at radius 1 is 1.09 bits per heavy atom. The molecular formula is C20H10BrClF5N3O3. The van der Waals surface area contributed by atoms with Crippen molar-refractivity contribution in [3.05, 3.63) is 74.9 Å². The molecule has 0 aliphatic carbocycles. The lowest BCUT2D eigenvalue weighted by Gasteiger charge is -2.15. The van der Waals surface area contributed by atoms with E-state index >= 15 is 0 Å². The second-order valence-electron chi connectivity index (χ2n) is 6.38. The van der Waals surface area contributed by atoms with Crippen molar-refractivity contribution in [3.8, 4) is 17.0 Å².